The molecule has 2 aromatic carbocycles. The summed E-state index contributed by atoms with van der Waals surface area (Å²) in [6.45, 7) is -0.515. The molecule has 2 N–H and O–H groups in total. The van der Waals surface area contributed by atoms with Crippen LogP contribution in [0.4, 0.5) is 0 Å². The van der Waals surface area contributed by atoms with Gasteiger partial charge in [-0.15, -0.1) is 0 Å². The van der Waals surface area contributed by atoms with Gasteiger partial charge in [0.1, 0.15) is 18.8 Å². The Labute approximate surface area is 197 Å². The maximum atomic E-state index is 12.7. The molecule has 3 aromatic rings. The number of nitrogens with one attached hydrogen (secondary N) is 1. The summed E-state index contributed by atoms with van der Waals surface area (Å²) in [7, 11) is 0. The summed E-state index contributed by atoms with van der Waals surface area (Å²) in [5.41, 5.74) is -3.74. The molecule has 35 heavy (non-hydrogen) atoms. The molecule has 4 atom stereocenters. The highest BCUT2D eigenvalue weighted by atomic mass is 16.6. The number of carbonyl (C=O) groups excluding carboxylic acids is 2. The number of esters is 2. The highest BCUT2D eigenvalue weighted by Gasteiger charge is 2.59. The van der Waals surface area contributed by atoms with Crippen LogP contribution in [0, 0.1) is 11.3 Å². The zero-order chi connectivity index (χ0) is 25.0. The van der Waals surface area contributed by atoms with Crippen molar-refractivity contribution in [3.63, 3.8) is 0 Å². The number of nitriles is 1. The Kier molecular flexibility index (Phi) is 6.59. The molecule has 0 amide bonds. The topological polar surface area (TPSA) is 161 Å². The van der Waals surface area contributed by atoms with Gasteiger partial charge < -0.3 is 19.3 Å². The van der Waals surface area contributed by atoms with Crippen LogP contribution in [0.15, 0.2) is 82.5 Å². The van der Waals surface area contributed by atoms with Crippen molar-refractivity contribution in [2.45, 2.75) is 24.0 Å². The minimum absolute atomic E-state index is 0.162. The van der Waals surface area contributed by atoms with E-state index in [1.165, 1.54) is 24.3 Å². The van der Waals surface area contributed by atoms with Crippen molar-refractivity contribution in [3.8, 4) is 6.07 Å². The molecule has 0 aliphatic carbocycles. The molecule has 0 saturated carbocycles. The molecule has 0 bridgehead atoms. The summed E-state index contributed by atoms with van der Waals surface area (Å²) in [6, 6.07) is 18.6. The number of benzene rings is 2. The van der Waals surface area contributed by atoms with E-state index in [-0.39, 0.29) is 11.1 Å². The second-order valence-corrected chi connectivity index (χ2v) is 7.59. The van der Waals surface area contributed by atoms with Crippen molar-refractivity contribution in [2.75, 3.05) is 6.61 Å². The van der Waals surface area contributed by atoms with Gasteiger partial charge in [-0.2, -0.15) is 5.26 Å². The lowest BCUT2D eigenvalue weighted by Gasteiger charge is -2.26. The summed E-state index contributed by atoms with van der Waals surface area (Å²) in [4.78, 5) is 51.0. The Morgan fingerprint density at radius 1 is 1.03 bits per heavy atom. The van der Waals surface area contributed by atoms with E-state index in [1.807, 2.05) is 4.98 Å². The molecular weight excluding hydrogens is 458 g/mol. The first kappa shape index (κ1) is 23.6. The van der Waals surface area contributed by atoms with Crippen LogP contribution >= 0.6 is 0 Å². The molecular formula is C24H19N3O8. The van der Waals surface area contributed by atoms with E-state index >= 15 is 0 Å². The Morgan fingerprint density at radius 2 is 1.63 bits per heavy atom. The molecule has 1 aromatic heterocycles. The van der Waals surface area contributed by atoms with E-state index in [0.717, 1.165) is 12.3 Å². The maximum Gasteiger partial charge on any atom is 0.338 e. The Bertz CT molecular complexity index is 1380. The van der Waals surface area contributed by atoms with E-state index in [9.17, 15) is 29.5 Å². The molecule has 1 fully saturated rings. The average Bonchev–Trinajstić information content (AvgIpc) is 3.14. The number of carbonyl (C=O) groups is 2. The van der Waals surface area contributed by atoms with Gasteiger partial charge in [0.15, 0.2) is 12.2 Å². The average molecular weight is 477 g/mol. The van der Waals surface area contributed by atoms with Crippen LogP contribution in [-0.4, -0.2) is 51.5 Å². The predicted octanol–water partition coefficient (Wildman–Crippen LogP) is 0.555. The van der Waals surface area contributed by atoms with Crippen molar-refractivity contribution < 1.29 is 28.9 Å². The minimum Gasteiger partial charge on any atom is -0.459 e. The number of rotatable bonds is 6. The van der Waals surface area contributed by atoms with Crippen LogP contribution in [-0.2, 0) is 19.9 Å². The Hall–Kier alpha value is -4.53. The lowest BCUT2D eigenvalue weighted by atomic mass is 10.0. The van der Waals surface area contributed by atoms with E-state index in [1.54, 1.807) is 42.5 Å². The number of aromatic amines is 1. The van der Waals surface area contributed by atoms with Crippen LogP contribution in [0.2, 0.25) is 0 Å². The fraction of sp³-hybridized carbons (Fsp3) is 0.208. The Morgan fingerprint density at radius 3 is 2.20 bits per heavy atom. The number of aromatic nitrogens is 2. The second-order valence-electron chi connectivity index (χ2n) is 7.59. The van der Waals surface area contributed by atoms with E-state index < -0.39 is 53.8 Å². The molecule has 11 nitrogen and oxygen atoms in total. The van der Waals surface area contributed by atoms with Crippen LogP contribution in [0.3, 0.4) is 0 Å². The number of hydrogen-bond donors (Lipinski definition) is 2. The lowest BCUT2D eigenvalue weighted by Crippen LogP contribution is -2.51. The van der Waals surface area contributed by atoms with Gasteiger partial charge in [0.25, 0.3) is 11.3 Å². The van der Waals surface area contributed by atoms with Gasteiger partial charge in [-0.1, -0.05) is 36.4 Å². The number of H-pyrrole nitrogens is 1. The van der Waals surface area contributed by atoms with Crippen molar-refractivity contribution >= 4 is 11.9 Å². The van der Waals surface area contributed by atoms with Crippen LogP contribution < -0.4 is 11.2 Å². The fourth-order valence-corrected chi connectivity index (χ4v) is 3.67. The monoisotopic (exact) mass is 477 g/mol. The van der Waals surface area contributed by atoms with Gasteiger partial charge >= 0.3 is 17.6 Å². The summed E-state index contributed by atoms with van der Waals surface area (Å²) in [6.07, 6.45) is -3.75. The largest absolute Gasteiger partial charge is 0.459 e. The number of aliphatic hydroxyl groups excluding tert-OH is 1. The van der Waals surface area contributed by atoms with Gasteiger partial charge in [0, 0.05) is 12.3 Å². The number of nitrogens with zero attached hydrogens (tertiary/aromatic N) is 2. The third kappa shape index (κ3) is 4.61. The molecule has 1 aliphatic rings. The molecule has 0 radical (unpaired) electrons. The van der Waals surface area contributed by atoms with Gasteiger partial charge in [-0.3, -0.25) is 14.3 Å². The SMILES string of the molecule is N#CC1(n2ccc(=O)[nH]c2=O)OC(COC(=O)c2ccccc2)C(OC(=O)c2ccccc2)C1O. The first-order valence-electron chi connectivity index (χ1n) is 10.4. The third-order valence-electron chi connectivity index (χ3n) is 5.39. The first-order valence-corrected chi connectivity index (χ1v) is 10.4. The van der Waals surface area contributed by atoms with Crippen LogP contribution in [0.25, 0.3) is 0 Å². The molecule has 178 valence electrons. The molecule has 0 spiro atoms. The van der Waals surface area contributed by atoms with Crippen molar-refractivity contribution in [3.05, 3.63) is 105 Å². The zero-order valence-electron chi connectivity index (χ0n) is 18.1. The van der Waals surface area contributed by atoms with Gasteiger partial charge in [-0.25, -0.2) is 14.4 Å². The molecule has 1 aliphatic heterocycles. The molecule has 2 heterocycles. The molecule has 4 unspecified atom stereocenters. The smallest absolute Gasteiger partial charge is 0.338 e. The van der Waals surface area contributed by atoms with Crippen molar-refractivity contribution in [1.29, 1.82) is 5.26 Å². The number of hydrogen-bond acceptors (Lipinski definition) is 9. The van der Waals surface area contributed by atoms with Crippen molar-refractivity contribution in [2.24, 2.45) is 0 Å². The van der Waals surface area contributed by atoms with E-state index in [2.05, 4.69) is 0 Å². The quantitative estimate of drug-likeness (QED) is 0.483. The van der Waals surface area contributed by atoms with Crippen molar-refractivity contribution in [1.82, 2.24) is 9.55 Å². The van der Waals surface area contributed by atoms with E-state index in [0.29, 0.717) is 4.57 Å². The second kappa shape index (κ2) is 9.76. The maximum absolute atomic E-state index is 12.7. The highest BCUT2D eigenvalue weighted by molar-refractivity contribution is 5.90. The van der Waals surface area contributed by atoms with Gasteiger partial charge in [-0.05, 0) is 24.3 Å². The molecule has 11 heteroatoms. The Balaban J connectivity index is 1.66. The molecule has 1 saturated heterocycles. The number of aliphatic hydroxyl groups is 1. The number of ether oxygens (including phenoxy) is 3. The lowest BCUT2D eigenvalue weighted by molar-refractivity contribution is -0.110. The summed E-state index contributed by atoms with van der Waals surface area (Å²) in [5, 5.41) is 21.0. The molecule has 4 rings (SSSR count). The van der Waals surface area contributed by atoms with Crippen LogP contribution in [0.1, 0.15) is 20.7 Å². The van der Waals surface area contributed by atoms with E-state index in [4.69, 9.17) is 14.2 Å². The van der Waals surface area contributed by atoms with Gasteiger partial charge in [0.05, 0.1) is 11.1 Å². The summed E-state index contributed by atoms with van der Waals surface area (Å²) >= 11 is 0. The standard InChI is InChI=1S/C24H19N3O8/c25-14-24(27-12-11-18(28)26-23(27)32)20(29)19(34-22(31)16-9-5-2-6-10-16)17(35-24)13-33-21(30)15-7-3-1-4-8-15/h1-12,17,19-20,29H,13H2,(H,26,28,32). The first-order chi connectivity index (χ1) is 16.9. The summed E-state index contributed by atoms with van der Waals surface area (Å²) in [5.74, 6) is -1.55. The highest BCUT2D eigenvalue weighted by Crippen LogP contribution is 2.36. The van der Waals surface area contributed by atoms with Gasteiger partial charge in [0.2, 0.25) is 0 Å². The zero-order valence-corrected chi connectivity index (χ0v) is 18.1. The fourth-order valence-electron chi connectivity index (χ4n) is 3.67. The predicted molar refractivity (Wildman–Crippen MR) is 118 cm³/mol. The normalized spacial score (nSPS) is 23.3. The summed E-state index contributed by atoms with van der Waals surface area (Å²) < 4.78 is 17.1. The minimum atomic E-state index is -2.38. The van der Waals surface area contributed by atoms with Crippen LogP contribution in [0.5, 0.6) is 0 Å². The third-order valence-corrected chi connectivity index (χ3v) is 5.39.